The fraction of sp³-hybridized carbons (Fsp3) is 0.158. The van der Waals surface area contributed by atoms with Gasteiger partial charge in [0.25, 0.3) is 5.69 Å². The maximum atomic E-state index is 11.6. The molecule has 0 saturated carbocycles. The molecule has 0 aliphatic rings. The highest BCUT2D eigenvalue weighted by molar-refractivity contribution is 5.89. The first-order valence-electron chi connectivity index (χ1n) is 8.36. The van der Waals surface area contributed by atoms with Gasteiger partial charge in [-0.05, 0) is 23.6 Å². The number of hydrogen-bond donors (Lipinski definition) is 2. The van der Waals surface area contributed by atoms with Crippen LogP contribution >= 0.6 is 0 Å². The van der Waals surface area contributed by atoms with Crippen molar-refractivity contribution in [1.29, 1.82) is 0 Å². The van der Waals surface area contributed by atoms with Crippen LogP contribution in [-0.2, 0) is 11.3 Å². The summed E-state index contributed by atoms with van der Waals surface area (Å²) in [6.07, 6.45) is 5.12. The maximum absolute atomic E-state index is 11.6. The van der Waals surface area contributed by atoms with E-state index in [0.717, 1.165) is 5.56 Å². The smallest absolute Gasteiger partial charge is 0.407 e. The van der Waals surface area contributed by atoms with Gasteiger partial charge < -0.3 is 10.1 Å². The number of nitro groups is 1. The molecule has 0 fully saturated rings. The number of benzene rings is 2. The zero-order valence-corrected chi connectivity index (χ0v) is 14.4. The van der Waals surface area contributed by atoms with E-state index in [4.69, 9.17) is 4.74 Å². The lowest BCUT2D eigenvalue weighted by Gasteiger charge is -2.05. The molecule has 1 heterocycles. The predicted octanol–water partition coefficient (Wildman–Crippen LogP) is 3.80. The lowest BCUT2D eigenvalue weighted by Crippen LogP contribution is -2.24. The first kappa shape index (κ1) is 18.1. The van der Waals surface area contributed by atoms with Crippen molar-refractivity contribution in [3.8, 4) is 0 Å². The number of aromatic amines is 1. The van der Waals surface area contributed by atoms with Crippen molar-refractivity contribution in [1.82, 2.24) is 15.5 Å². The topological polar surface area (TPSA) is 110 Å². The number of nitro benzene ring substituents is 1. The van der Waals surface area contributed by atoms with E-state index in [2.05, 4.69) is 15.5 Å². The molecule has 0 spiro atoms. The molecule has 0 bridgehead atoms. The van der Waals surface area contributed by atoms with Crippen LogP contribution in [0.5, 0.6) is 0 Å². The number of rotatable bonds is 7. The number of aromatic nitrogens is 2. The number of carbonyl (C=O) groups is 1. The van der Waals surface area contributed by atoms with Crippen LogP contribution in [0, 0.1) is 10.1 Å². The Bertz CT molecular complexity index is 966. The van der Waals surface area contributed by atoms with Crippen molar-refractivity contribution in [3.05, 3.63) is 76.0 Å². The molecule has 0 aliphatic heterocycles. The molecule has 0 atom stereocenters. The first-order valence-corrected chi connectivity index (χ1v) is 8.36. The lowest BCUT2D eigenvalue weighted by molar-refractivity contribution is -0.383. The molecule has 0 saturated heterocycles. The van der Waals surface area contributed by atoms with E-state index in [-0.39, 0.29) is 12.3 Å². The largest absolute Gasteiger partial charge is 0.445 e. The van der Waals surface area contributed by atoms with Crippen LogP contribution in [0.3, 0.4) is 0 Å². The van der Waals surface area contributed by atoms with Crippen LogP contribution in [0.2, 0.25) is 0 Å². The Morgan fingerprint density at radius 2 is 2.11 bits per heavy atom. The normalized spacial score (nSPS) is 11.0. The van der Waals surface area contributed by atoms with E-state index in [1.54, 1.807) is 12.1 Å². The molecular weight excluding hydrogens is 348 g/mol. The standard InChI is InChI=1S/C19H18N4O4/c24-19(27-13-14-6-2-1-3-7-14)20-9-5-4-8-15-10-17-16(12-21-22-17)18(11-15)23(25)26/h1-4,6-8,10-12H,5,9,13H2,(H,20,24)(H,21,22). The van der Waals surface area contributed by atoms with Crippen molar-refractivity contribution in [2.24, 2.45) is 0 Å². The second kappa shape index (κ2) is 8.61. The summed E-state index contributed by atoms with van der Waals surface area (Å²) < 4.78 is 5.11. The van der Waals surface area contributed by atoms with Gasteiger partial charge in [-0.15, -0.1) is 0 Å². The zero-order chi connectivity index (χ0) is 19.1. The van der Waals surface area contributed by atoms with E-state index >= 15 is 0 Å². The molecule has 3 rings (SSSR count). The Labute approximate surface area is 155 Å². The van der Waals surface area contributed by atoms with Crippen LogP contribution < -0.4 is 5.32 Å². The number of non-ortho nitro benzene ring substituents is 1. The first-order chi connectivity index (χ1) is 13.1. The second-order valence-electron chi connectivity index (χ2n) is 5.81. The van der Waals surface area contributed by atoms with E-state index < -0.39 is 11.0 Å². The van der Waals surface area contributed by atoms with Crippen molar-refractivity contribution in [3.63, 3.8) is 0 Å². The van der Waals surface area contributed by atoms with Gasteiger partial charge in [0.1, 0.15) is 6.61 Å². The quantitative estimate of drug-likeness (QED) is 0.375. The second-order valence-corrected chi connectivity index (χ2v) is 5.81. The molecule has 2 N–H and O–H groups in total. The average Bonchev–Trinajstić information content (AvgIpc) is 3.14. The monoisotopic (exact) mass is 366 g/mol. The average molecular weight is 366 g/mol. The SMILES string of the molecule is O=C(NCCC=Cc1cc([N+](=O)[O-])c2cn[nH]c2c1)OCc1ccccc1. The molecule has 0 aliphatic carbocycles. The minimum atomic E-state index is -0.484. The van der Waals surface area contributed by atoms with Crippen LogP contribution in [0.15, 0.2) is 54.7 Å². The molecule has 1 amide bonds. The van der Waals surface area contributed by atoms with E-state index in [0.29, 0.717) is 29.4 Å². The molecule has 8 heteroatoms. The van der Waals surface area contributed by atoms with Gasteiger partial charge >= 0.3 is 6.09 Å². The Hall–Kier alpha value is -3.68. The molecule has 0 unspecified atom stereocenters. The molecular formula is C19H18N4O4. The Morgan fingerprint density at radius 3 is 2.89 bits per heavy atom. The van der Waals surface area contributed by atoms with Crippen LogP contribution in [0.1, 0.15) is 17.5 Å². The van der Waals surface area contributed by atoms with Gasteiger partial charge in [0, 0.05) is 12.6 Å². The summed E-state index contributed by atoms with van der Waals surface area (Å²) in [7, 11) is 0. The Morgan fingerprint density at radius 1 is 1.30 bits per heavy atom. The highest BCUT2D eigenvalue weighted by atomic mass is 16.6. The van der Waals surface area contributed by atoms with Crippen LogP contribution in [0.4, 0.5) is 10.5 Å². The number of nitrogens with one attached hydrogen (secondary N) is 2. The summed E-state index contributed by atoms with van der Waals surface area (Å²) in [5, 5.41) is 20.9. The third-order valence-corrected chi connectivity index (χ3v) is 3.86. The molecule has 138 valence electrons. The molecule has 1 aromatic heterocycles. The number of amides is 1. The summed E-state index contributed by atoms with van der Waals surface area (Å²) >= 11 is 0. The van der Waals surface area contributed by atoms with E-state index in [1.165, 1.54) is 12.3 Å². The van der Waals surface area contributed by atoms with E-state index in [9.17, 15) is 14.9 Å². The van der Waals surface area contributed by atoms with Gasteiger partial charge in [0.05, 0.1) is 22.0 Å². The lowest BCUT2D eigenvalue weighted by atomic mass is 10.1. The van der Waals surface area contributed by atoms with Gasteiger partial charge in [-0.1, -0.05) is 42.5 Å². The van der Waals surface area contributed by atoms with Gasteiger partial charge in [0.15, 0.2) is 0 Å². The number of ether oxygens (including phenoxy) is 1. The van der Waals surface area contributed by atoms with Gasteiger partial charge in [-0.25, -0.2) is 4.79 Å². The Kier molecular flexibility index (Phi) is 5.78. The highest BCUT2D eigenvalue weighted by Crippen LogP contribution is 2.26. The van der Waals surface area contributed by atoms with Crippen molar-refractivity contribution in [2.75, 3.05) is 6.54 Å². The fourth-order valence-corrected chi connectivity index (χ4v) is 2.55. The minimum absolute atomic E-state index is 0.00325. The van der Waals surface area contributed by atoms with Crippen LogP contribution in [0.25, 0.3) is 17.0 Å². The van der Waals surface area contributed by atoms with Gasteiger partial charge in [-0.3, -0.25) is 15.2 Å². The molecule has 2 aromatic carbocycles. The maximum Gasteiger partial charge on any atom is 0.407 e. The summed E-state index contributed by atoms with van der Waals surface area (Å²) in [6, 6.07) is 12.7. The summed E-state index contributed by atoms with van der Waals surface area (Å²) in [5.74, 6) is 0. The zero-order valence-electron chi connectivity index (χ0n) is 14.4. The summed E-state index contributed by atoms with van der Waals surface area (Å²) in [6.45, 7) is 0.620. The number of fused-ring (bicyclic) bond motifs is 1. The summed E-state index contributed by atoms with van der Waals surface area (Å²) in [5.41, 5.74) is 2.21. The molecule has 27 heavy (non-hydrogen) atoms. The van der Waals surface area contributed by atoms with E-state index in [1.807, 2.05) is 36.4 Å². The number of carbonyl (C=O) groups excluding carboxylic acids is 1. The molecule has 3 aromatic rings. The third kappa shape index (κ3) is 4.91. The molecule has 0 radical (unpaired) electrons. The number of nitrogens with zero attached hydrogens (tertiary/aromatic N) is 2. The van der Waals surface area contributed by atoms with Crippen molar-refractivity contribution in [2.45, 2.75) is 13.0 Å². The fourth-order valence-electron chi connectivity index (χ4n) is 2.55. The minimum Gasteiger partial charge on any atom is -0.445 e. The number of H-pyrrole nitrogens is 1. The third-order valence-electron chi connectivity index (χ3n) is 3.86. The van der Waals surface area contributed by atoms with Gasteiger partial charge in [0.2, 0.25) is 0 Å². The highest BCUT2D eigenvalue weighted by Gasteiger charge is 2.14. The van der Waals surface area contributed by atoms with Crippen molar-refractivity contribution < 1.29 is 14.5 Å². The summed E-state index contributed by atoms with van der Waals surface area (Å²) in [4.78, 5) is 22.4. The van der Waals surface area contributed by atoms with Crippen molar-refractivity contribution >= 4 is 28.8 Å². The number of hydrogen-bond acceptors (Lipinski definition) is 5. The Balaban J connectivity index is 1.47. The number of alkyl carbamates (subject to hydrolysis) is 1. The predicted molar refractivity (Wildman–Crippen MR) is 101 cm³/mol. The molecule has 8 nitrogen and oxygen atoms in total. The van der Waals surface area contributed by atoms with Crippen LogP contribution in [-0.4, -0.2) is 27.8 Å². The van der Waals surface area contributed by atoms with Gasteiger partial charge in [-0.2, -0.15) is 5.10 Å².